The Morgan fingerprint density at radius 1 is 1.15 bits per heavy atom. The number of halogens is 3. The van der Waals surface area contributed by atoms with E-state index < -0.39 is 11.7 Å². The van der Waals surface area contributed by atoms with Gasteiger partial charge in [-0.3, -0.25) is 9.20 Å². The van der Waals surface area contributed by atoms with Gasteiger partial charge in [-0.15, -0.1) is 0 Å². The van der Waals surface area contributed by atoms with Crippen molar-refractivity contribution < 1.29 is 18.0 Å². The van der Waals surface area contributed by atoms with Gasteiger partial charge in [-0.2, -0.15) is 13.2 Å². The summed E-state index contributed by atoms with van der Waals surface area (Å²) in [5, 5.41) is 2.79. The van der Waals surface area contributed by atoms with E-state index in [1.807, 2.05) is 4.90 Å². The molecule has 0 saturated carbocycles. The molecule has 0 spiro atoms. The van der Waals surface area contributed by atoms with Gasteiger partial charge in [0.05, 0.1) is 18.3 Å². The molecule has 0 aliphatic carbocycles. The maximum atomic E-state index is 13.0. The lowest BCUT2D eigenvalue weighted by atomic mass is 10.2. The predicted octanol–water partition coefficient (Wildman–Crippen LogP) is 2.14. The highest BCUT2D eigenvalue weighted by Crippen LogP contribution is 2.30. The third-order valence-electron chi connectivity index (χ3n) is 4.29. The number of anilines is 1. The molecule has 0 aromatic carbocycles. The van der Waals surface area contributed by atoms with Crippen molar-refractivity contribution in [3.63, 3.8) is 0 Å². The van der Waals surface area contributed by atoms with Crippen molar-refractivity contribution in [2.24, 2.45) is 0 Å². The van der Waals surface area contributed by atoms with E-state index >= 15 is 0 Å². The van der Waals surface area contributed by atoms with Gasteiger partial charge in [0.15, 0.2) is 5.82 Å². The van der Waals surface area contributed by atoms with E-state index in [9.17, 15) is 18.0 Å². The quantitative estimate of drug-likeness (QED) is 0.742. The Balaban J connectivity index is 1.74. The topological polar surface area (TPSA) is 75.4 Å². The molecule has 1 fully saturated rings. The van der Waals surface area contributed by atoms with E-state index in [2.05, 4.69) is 20.3 Å². The largest absolute Gasteiger partial charge is 0.417 e. The van der Waals surface area contributed by atoms with E-state index in [0.29, 0.717) is 30.2 Å². The number of hydrogen-bond acceptors (Lipinski definition) is 5. The zero-order chi connectivity index (χ0) is 19.0. The summed E-state index contributed by atoms with van der Waals surface area (Å²) < 4.78 is 40.4. The number of carbonyl (C=O) groups is 1. The zero-order valence-electron chi connectivity index (χ0n) is 14.1. The van der Waals surface area contributed by atoms with Crippen LogP contribution in [-0.4, -0.2) is 44.9 Å². The number of nitrogens with one attached hydrogen (secondary N) is 1. The summed E-state index contributed by atoms with van der Waals surface area (Å²) in [7, 11) is 0. The molecule has 1 aliphatic rings. The van der Waals surface area contributed by atoms with Gasteiger partial charge in [0.25, 0.3) is 0 Å². The number of amides is 1. The molecule has 0 bridgehead atoms. The molecule has 4 heterocycles. The molecule has 3 aromatic heterocycles. The second-order valence-electron chi connectivity index (χ2n) is 6.15. The number of carbonyl (C=O) groups excluding carboxylic acids is 1. The third-order valence-corrected chi connectivity index (χ3v) is 4.29. The highest BCUT2D eigenvalue weighted by molar-refractivity contribution is 5.81. The molecule has 10 heteroatoms. The number of imidazole rings is 1. The summed E-state index contributed by atoms with van der Waals surface area (Å²) in [5.41, 5.74) is -0.0760. The lowest BCUT2D eigenvalue weighted by molar-refractivity contribution is -0.137. The van der Waals surface area contributed by atoms with Crippen LogP contribution in [0.5, 0.6) is 0 Å². The van der Waals surface area contributed by atoms with Gasteiger partial charge >= 0.3 is 6.18 Å². The summed E-state index contributed by atoms with van der Waals surface area (Å²) >= 11 is 0. The van der Waals surface area contributed by atoms with Gasteiger partial charge in [0, 0.05) is 25.5 Å². The maximum absolute atomic E-state index is 13.0. The maximum Gasteiger partial charge on any atom is 0.417 e. The fourth-order valence-electron chi connectivity index (χ4n) is 2.96. The minimum Gasteiger partial charge on any atom is -0.354 e. The van der Waals surface area contributed by atoms with Crippen LogP contribution in [0.3, 0.4) is 0 Å². The van der Waals surface area contributed by atoms with Crippen molar-refractivity contribution >= 4 is 17.4 Å². The Labute approximate surface area is 151 Å². The molecule has 0 atom stereocenters. The molecule has 1 aliphatic heterocycles. The second kappa shape index (κ2) is 6.53. The fraction of sp³-hybridized carbons (Fsp3) is 0.294. The van der Waals surface area contributed by atoms with E-state index in [1.54, 1.807) is 6.07 Å². The van der Waals surface area contributed by atoms with Crippen molar-refractivity contribution in [3.8, 4) is 11.5 Å². The van der Waals surface area contributed by atoms with Crippen molar-refractivity contribution in [1.82, 2.24) is 24.7 Å². The smallest absolute Gasteiger partial charge is 0.354 e. The van der Waals surface area contributed by atoms with Crippen LogP contribution in [-0.2, 0) is 11.0 Å². The third kappa shape index (κ3) is 3.42. The number of nitrogens with zero attached hydrogens (tertiary/aromatic N) is 5. The molecule has 140 valence electrons. The van der Waals surface area contributed by atoms with Crippen LogP contribution >= 0.6 is 0 Å². The van der Waals surface area contributed by atoms with Crippen LogP contribution in [0.25, 0.3) is 17.2 Å². The molecule has 27 heavy (non-hydrogen) atoms. The molecule has 7 nitrogen and oxygen atoms in total. The zero-order valence-corrected chi connectivity index (χ0v) is 14.1. The first kappa shape index (κ1) is 17.3. The van der Waals surface area contributed by atoms with Crippen LogP contribution in [0.15, 0.2) is 36.8 Å². The fourth-order valence-corrected chi connectivity index (χ4v) is 2.96. The molecule has 1 amide bonds. The van der Waals surface area contributed by atoms with Crippen LogP contribution in [0.2, 0.25) is 0 Å². The number of pyridine rings is 1. The van der Waals surface area contributed by atoms with Gasteiger partial charge in [0.1, 0.15) is 17.2 Å². The van der Waals surface area contributed by atoms with Gasteiger partial charge in [0.2, 0.25) is 5.91 Å². The van der Waals surface area contributed by atoms with E-state index in [4.69, 9.17) is 0 Å². The van der Waals surface area contributed by atoms with E-state index in [-0.39, 0.29) is 18.3 Å². The molecule has 0 unspecified atom stereocenters. The first-order valence-electron chi connectivity index (χ1n) is 8.31. The first-order chi connectivity index (χ1) is 12.9. The lowest BCUT2D eigenvalue weighted by Gasteiger charge is -2.20. The van der Waals surface area contributed by atoms with E-state index in [0.717, 1.165) is 18.7 Å². The summed E-state index contributed by atoms with van der Waals surface area (Å²) in [6.07, 6.45) is 0.248. The summed E-state index contributed by atoms with van der Waals surface area (Å²) in [4.78, 5) is 26.3. The monoisotopic (exact) mass is 376 g/mol. The number of alkyl halides is 3. The highest BCUT2D eigenvalue weighted by Gasteiger charge is 2.31. The number of fused-ring (bicyclic) bond motifs is 1. The number of hydrogen-bond donors (Lipinski definition) is 1. The minimum absolute atomic E-state index is 0.0997. The van der Waals surface area contributed by atoms with Crippen LogP contribution in [0.1, 0.15) is 12.0 Å². The summed E-state index contributed by atoms with van der Waals surface area (Å²) in [6, 6.07) is 3.96. The lowest BCUT2D eigenvalue weighted by Crippen LogP contribution is -2.33. The summed E-state index contributed by atoms with van der Waals surface area (Å²) in [5.74, 6) is 0.681. The molecule has 1 saturated heterocycles. The standard InChI is InChI=1S/C17H15F3N6O/c18-17(19,20)11-2-3-13-23-8-12(26(13)9-11)16-22-6-4-14(24-16)25-7-1-5-21-15(27)10-25/h2-4,6,8-9H,1,5,7,10H2,(H,21,27). The second-order valence-corrected chi connectivity index (χ2v) is 6.15. The van der Waals surface area contributed by atoms with Crippen LogP contribution in [0.4, 0.5) is 19.0 Å². The SMILES string of the molecule is O=C1CN(c2ccnc(-c3cnc4ccc(C(F)(F)F)cn34)n2)CCCN1. The Morgan fingerprint density at radius 2 is 2.00 bits per heavy atom. The van der Waals surface area contributed by atoms with Crippen molar-refractivity contribution in [2.45, 2.75) is 12.6 Å². The highest BCUT2D eigenvalue weighted by atomic mass is 19.4. The Bertz CT molecular complexity index is 1000. The average Bonchev–Trinajstić information content (AvgIpc) is 2.94. The van der Waals surface area contributed by atoms with Gasteiger partial charge in [-0.05, 0) is 24.6 Å². The molecular formula is C17H15F3N6O. The van der Waals surface area contributed by atoms with Gasteiger partial charge in [-0.1, -0.05) is 0 Å². The number of aromatic nitrogens is 4. The van der Waals surface area contributed by atoms with Crippen molar-refractivity contribution in [3.05, 3.63) is 42.4 Å². The van der Waals surface area contributed by atoms with Gasteiger partial charge in [-0.25, -0.2) is 15.0 Å². The molecule has 4 rings (SSSR count). The minimum atomic E-state index is -4.46. The normalized spacial score (nSPS) is 15.7. The van der Waals surface area contributed by atoms with Crippen LogP contribution < -0.4 is 10.2 Å². The Kier molecular flexibility index (Phi) is 4.17. The molecule has 3 aromatic rings. The predicted molar refractivity (Wildman–Crippen MR) is 91.1 cm³/mol. The Hall–Kier alpha value is -3.17. The van der Waals surface area contributed by atoms with Crippen molar-refractivity contribution in [2.75, 3.05) is 24.5 Å². The molecule has 0 radical (unpaired) electrons. The number of rotatable bonds is 2. The van der Waals surface area contributed by atoms with E-state index in [1.165, 1.54) is 22.9 Å². The average molecular weight is 376 g/mol. The first-order valence-corrected chi connectivity index (χ1v) is 8.31. The Morgan fingerprint density at radius 3 is 2.81 bits per heavy atom. The summed E-state index contributed by atoms with van der Waals surface area (Å²) in [6.45, 7) is 1.41. The van der Waals surface area contributed by atoms with Crippen LogP contribution in [0, 0.1) is 0 Å². The van der Waals surface area contributed by atoms with Gasteiger partial charge < -0.3 is 10.2 Å². The van der Waals surface area contributed by atoms with Crippen molar-refractivity contribution in [1.29, 1.82) is 0 Å². The molecular weight excluding hydrogens is 361 g/mol. The molecule has 1 N–H and O–H groups in total.